The quantitative estimate of drug-likeness (QED) is 0.205. The molecule has 5 nitrogen and oxygen atoms in total. The summed E-state index contributed by atoms with van der Waals surface area (Å²) in [5.74, 6) is 0.0332. The Kier molecular flexibility index (Phi) is 6.24. The lowest BCUT2D eigenvalue weighted by molar-refractivity contribution is 0.626. The Morgan fingerprint density at radius 2 is 1.61 bits per heavy atom. The van der Waals surface area contributed by atoms with E-state index in [0.717, 1.165) is 20.8 Å². The SMILES string of the molecule is C/C(=N/NC(=S)Nc1ccc(F)cc1)c1nc2cc(Sc3ccc(F)cc3)ccc2[nH]1. The summed E-state index contributed by atoms with van der Waals surface area (Å²) >= 11 is 6.74. The Labute approximate surface area is 187 Å². The standard InChI is InChI=1S/C22H17F2N5S2/c1-13(28-29-22(30)25-16-6-2-14(23)3-7-16)21-26-19-11-10-18(12-20(19)27-21)31-17-8-4-15(24)5-9-17/h2-12H,1H3,(H,26,27)(H2,25,29,30)/b28-13-. The highest BCUT2D eigenvalue weighted by atomic mass is 32.2. The molecule has 156 valence electrons. The van der Waals surface area contributed by atoms with E-state index >= 15 is 0 Å². The number of aromatic amines is 1. The van der Waals surface area contributed by atoms with Crippen molar-refractivity contribution in [3.8, 4) is 0 Å². The van der Waals surface area contributed by atoms with Crippen molar-refractivity contribution in [1.82, 2.24) is 15.4 Å². The maximum atomic E-state index is 13.1. The first-order valence-corrected chi connectivity index (χ1v) is 10.5. The summed E-state index contributed by atoms with van der Waals surface area (Å²) in [7, 11) is 0. The van der Waals surface area contributed by atoms with Crippen LogP contribution in [0.1, 0.15) is 12.7 Å². The third-order valence-electron chi connectivity index (χ3n) is 4.27. The van der Waals surface area contributed by atoms with Crippen molar-refractivity contribution in [1.29, 1.82) is 0 Å². The van der Waals surface area contributed by atoms with E-state index in [1.807, 2.05) is 18.2 Å². The van der Waals surface area contributed by atoms with E-state index in [4.69, 9.17) is 12.2 Å². The minimum Gasteiger partial charge on any atom is -0.337 e. The third-order valence-corrected chi connectivity index (χ3v) is 5.46. The maximum absolute atomic E-state index is 13.1. The highest BCUT2D eigenvalue weighted by molar-refractivity contribution is 7.99. The van der Waals surface area contributed by atoms with Crippen LogP contribution in [-0.4, -0.2) is 20.8 Å². The van der Waals surface area contributed by atoms with E-state index in [0.29, 0.717) is 17.2 Å². The number of nitrogens with one attached hydrogen (secondary N) is 3. The Morgan fingerprint density at radius 1 is 0.968 bits per heavy atom. The maximum Gasteiger partial charge on any atom is 0.191 e. The molecule has 0 bridgehead atoms. The fraction of sp³-hybridized carbons (Fsp3) is 0.0455. The number of rotatable bonds is 5. The van der Waals surface area contributed by atoms with Crippen LogP contribution in [0.15, 0.2) is 81.6 Å². The molecule has 0 amide bonds. The van der Waals surface area contributed by atoms with Gasteiger partial charge in [0.15, 0.2) is 10.9 Å². The Balaban J connectivity index is 1.43. The van der Waals surface area contributed by atoms with Gasteiger partial charge in [-0.3, -0.25) is 5.43 Å². The molecule has 31 heavy (non-hydrogen) atoms. The van der Waals surface area contributed by atoms with Crippen molar-refractivity contribution in [2.75, 3.05) is 5.32 Å². The van der Waals surface area contributed by atoms with Crippen LogP contribution in [0.2, 0.25) is 0 Å². The monoisotopic (exact) mass is 453 g/mol. The predicted octanol–water partition coefficient (Wildman–Crippen LogP) is 5.70. The van der Waals surface area contributed by atoms with Gasteiger partial charge in [0.2, 0.25) is 0 Å². The summed E-state index contributed by atoms with van der Waals surface area (Å²) in [6, 6.07) is 18.1. The molecule has 0 radical (unpaired) electrons. The summed E-state index contributed by atoms with van der Waals surface area (Å²) < 4.78 is 26.1. The summed E-state index contributed by atoms with van der Waals surface area (Å²) in [6.45, 7) is 1.80. The highest BCUT2D eigenvalue weighted by Crippen LogP contribution is 2.29. The number of aromatic nitrogens is 2. The lowest BCUT2D eigenvalue weighted by Crippen LogP contribution is -2.25. The van der Waals surface area contributed by atoms with Gasteiger partial charge in [-0.2, -0.15) is 5.10 Å². The Morgan fingerprint density at radius 3 is 2.32 bits per heavy atom. The number of hydrazone groups is 1. The molecule has 0 saturated carbocycles. The number of nitrogens with zero attached hydrogens (tertiary/aromatic N) is 2. The predicted molar refractivity (Wildman–Crippen MR) is 125 cm³/mol. The van der Waals surface area contributed by atoms with Crippen molar-refractivity contribution in [3.63, 3.8) is 0 Å². The molecule has 0 aliphatic rings. The van der Waals surface area contributed by atoms with E-state index in [1.165, 1.54) is 36.0 Å². The fourth-order valence-electron chi connectivity index (χ4n) is 2.74. The molecule has 3 aromatic carbocycles. The number of benzene rings is 3. The number of halogens is 2. The number of imidazole rings is 1. The van der Waals surface area contributed by atoms with Crippen LogP contribution >= 0.6 is 24.0 Å². The lowest BCUT2D eigenvalue weighted by atomic mass is 10.3. The highest BCUT2D eigenvalue weighted by Gasteiger charge is 2.08. The molecule has 0 saturated heterocycles. The van der Waals surface area contributed by atoms with E-state index in [1.54, 1.807) is 31.2 Å². The van der Waals surface area contributed by atoms with Crippen molar-refractivity contribution in [3.05, 3.63) is 84.2 Å². The molecule has 0 spiro atoms. The lowest BCUT2D eigenvalue weighted by Gasteiger charge is -2.07. The van der Waals surface area contributed by atoms with E-state index < -0.39 is 0 Å². The minimum atomic E-state index is -0.317. The van der Waals surface area contributed by atoms with Gasteiger partial charge in [0.05, 0.1) is 11.0 Å². The third kappa shape index (κ3) is 5.44. The molecule has 0 fully saturated rings. The minimum absolute atomic E-state index is 0.257. The molecule has 0 aliphatic carbocycles. The summed E-state index contributed by atoms with van der Waals surface area (Å²) in [4.78, 5) is 9.76. The zero-order valence-electron chi connectivity index (χ0n) is 16.3. The zero-order chi connectivity index (χ0) is 21.8. The van der Waals surface area contributed by atoms with Crippen LogP contribution in [0.25, 0.3) is 11.0 Å². The van der Waals surface area contributed by atoms with Gasteiger partial charge in [0, 0.05) is 15.5 Å². The first kappa shape index (κ1) is 21.0. The van der Waals surface area contributed by atoms with Crippen LogP contribution in [0.5, 0.6) is 0 Å². The van der Waals surface area contributed by atoms with Gasteiger partial charge >= 0.3 is 0 Å². The van der Waals surface area contributed by atoms with Crippen molar-refractivity contribution < 1.29 is 8.78 Å². The summed E-state index contributed by atoms with van der Waals surface area (Å²) in [5.41, 5.74) is 5.70. The molecule has 9 heteroatoms. The Bertz CT molecular complexity index is 1250. The molecule has 4 aromatic rings. The normalized spacial score (nSPS) is 11.5. The van der Waals surface area contributed by atoms with Crippen molar-refractivity contribution in [2.24, 2.45) is 5.10 Å². The van der Waals surface area contributed by atoms with Gasteiger partial charge in [-0.1, -0.05) is 11.8 Å². The van der Waals surface area contributed by atoms with E-state index in [9.17, 15) is 8.78 Å². The number of H-pyrrole nitrogens is 1. The molecule has 1 aromatic heterocycles. The van der Waals surface area contributed by atoms with Crippen LogP contribution < -0.4 is 10.7 Å². The molecule has 4 rings (SSSR count). The van der Waals surface area contributed by atoms with Gasteiger partial charge in [0.1, 0.15) is 17.3 Å². The fourth-order valence-corrected chi connectivity index (χ4v) is 3.75. The molecule has 0 unspecified atom stereocenters. The van der Waals surface area contributed by atoms with Gasteiger partial charge in [-0.05, 0) is 85.9 Å². The first-order valence-electron chi connectivity index (χ1n) is 9.27. The average molecular weight is 454 g/mol. The molecule has 0 atom stereocenters. The number of hydrogen-bond acceptors (Lipinski definition) is 4. The van der Waals surface area contributed by atoms with Crippen LogP contribution in [-0.2, 0) is 0 Å². The summed E-state index contributed by atoms with van der Waals surface area (Å²) in [6.07, 6.45) is 0. The van der Waals surface area contributed by atoms with Crippen LogP contribution in [0.3, 0.4) is 0 Å². The van der Waals surface area contributed by atoms with E-state index in [-0.39, 0.29) is 16.7 Å². The largest absolute Gasteiger partial charge is 0.337 e. The average Bonchev–Trinajstić information content (AvgIpc) is 3.19. The molecule has 1 heterocycles. The second kappa shape index (κ2) is 9.23. The number of thiocarbonyl (C=S) groups is 1. The van der Waals surface area contributed by atoms with Gasteiger partial charge in [-0.25, -0.2) is 13.8 Å². The molecular formula is C22H17F2N5S2. The molecular weight excluding hydrogens is 436 g/mol. The smallest absolute Gasteiger partial charge is 0.191 e. The Hall–Kier alpha value is -3.30. The first-order chi connectivity index (χ1) is 15.0. The summed E-state index contributed by atoms with van der Waals surface area (Å²) in [5, 5.41) is 7.46. The van der Waals surface area contributed by atoms with Crippen molar-refractivity contribution in [2.45, 2.75) is 16.7 Å². The number of hydrogen-bond donors (Lipinski definition) is 3. The number of fused-ring (bicyclic) bond motifs is 1. The van der Waals surface area contributed by atoms with Crippen LogP contribution in [0, 0.1) is 11.6 Å². The zero-order valence-corrected chi connectivity index (χ0v) is 18.0. The van der Waals surface area contributed by atoms with Gasteiger partial charge in [0.25, 0.3) is 0 Å². The van der Waals surface area contributed by atoms with Gasteiger partial charge < -0.3 is 10.3 Å². The topological polar surface area (TPSA) is 65.1 Å². The second-order valence-electron chi connectivity index (χ2n) is 6.59. The second-order valence-corrected chi connectivity index (χ2v) is 8.15. The van der Waals surface area contributed by atoms with Crippen molar-refractivity contribution >= 4 is 51.5 Å². The molecule has 3 N–H and O–H groups in total. The van der Waals surface area contributed by atoms with Gasteiger partial charge in [-0.15, -0.1) is 0 Å². The number of anilines is 1. The molecule has 0 aliphatic heterocycles. The van der Waals surface area contributed by atoms with E-state index in [2.05, 4.69) is 25.8 Å². The van der Waals surface area contributed by atoms with Crippen LogP contribution in [0.4, 0.5) is 14.5 Å².